The zero-order chi connectivity index (χ0) is 24.4. The average molecular weight is 477 g/mol. The van der Waals surface area contributed by atoms with Crippen molar-refractivity contribution in [3.63, 3.8) is 0 Å². The third-order valence-corrected chi connectivity index (χ3v) is 6.98. The molecule has 3 heterocycles. The third-order valence-electron chi connectivity index (χ3n) is 6.98. The molecular weight excluding hydrogens is 444 g/mol. The summed E-state index contributed by atoms with van der Waals surface area (Å²) in [6, 6.07) is 12.0. The molecule has 3 aromatic rings. The van der Waals surface area contributed by atoms with Crippen molar-refractivity contribution in [2.24, 2.45) is 0 Å². The monoisotopic (exact) mass is 476 g/mol. The number of carbonyl (C=O) groups excluding carboxylic acids is 1. The second kappa shape index (κ2) is 10.00. The molecule has 184 valence electrons. The van der Waals surface area contributed by atoms with Crippen LogP contribution in [0.5, 0.6) is 17.2 Å². The molecule has 2 aliphatic rings. The number of aromatic nitrogens is 2. The van der Waals surface area contributed by atoms with E-state index in [0.29, 0.717) is 11.8 Å². The summed E-state index contributed by atoms with van der Waals surface area (Å²) in [4.78, 5) is 14.4. The summed E-state index contributed by atoms with van der Waals surface area (Å²) in [5, 5.41) is 8.11. The molecule has 2 aliphatic heterocycles. The fraction of sp³-hybridized carbons (Fsp3) is 0.407. The van der Waals surface area contributed by atoms with E-state index in [1.54, 1.807) is 12.0 Å². The van der Waals surface area contributed by atoms with E-state index in [9.17, 15) is 4.79 Å². The molecular formula is C27H32N4O4. The Morgan fingerprint density at radius 3 is 2.66 bits per heavy atom. The van der Waals surface area contributed by atoms with Gasteiger partial charge in [0.25, 0.3) is 0 Å². The van der Waals surface area contributed by atoms with Gasteiger partial charge in [0.2, 0.25) is 0 Å². The Morgan fingerprint density at radius 2 is 1.89 bits per heavy atom. The van der Waals surface area contributed by atoms with E-state index in [1.807, 2.05) is 49.5 Å². The van der Waals surface area contributed by atoms with Crippen LogP contribution in [-0.2, 0) is 11.2 Å². The maximum absolute atomic E-state index is 12.7. The van der Waals surface area contributed by atoms with Crippen LogP contribution in [0.3, 0.4) is 0 Å². The lowest BCUT2D eigenvalue weighted by atomic mass is 9.92. The summed E-state index contributed by atoms with van der Waals surface area (Å²) >= 11 is 0. The second-order valence-electron chi connectivity index (χ2n) is 9.14. The number of rotatable bonds is 5. The second-order valence-corrected chi connectivity index (χ2v) is 9.14. The first-order valence-electron chi connectivity index (χ1n) is 12.2. The van der Waals surface area contributed by atoms with Gasteiger partial charge in [0.05, 0.1) is 32.1 Å². The van der Waals surface area contributed by atoms with Crippen molar-refractivity contribution in [1.29, 1.82) is 0 Å². The lowest BCUT2D eigenvalue weighted by molar-refractivity contribution is 0.175. The Balaban J connectivity index is 1.60. The molecule has 35 heavy (non-hydrogen) atoms. The van der Waals surface area contributed by atoms with Crippen LogP contribution < -0.4 is 19.7 Å². The van der Waals surface area contributed by atoms with Crippen LogP contribution in [-0.4, -0.2) is 49.2 Å². The number of hydrogen-bond donors (Lipinski definition) is 1. The van der Waals surface area contributed by atoms with Crippen LogP contribution in [0.2, 0.25) is 0 Å². The molecule has 1 fully saturated rings. The molecule has 0 radical (unpaired) electrons. The average Bonchev–Trinajstić information content (AvgIpc) is 3.39. The Morgan fingerprint density at radius 1 is 1.09 bits per heavy atom. The van der Waals surface area contributed by atoms with Crippen molar-refractivity contribution < 1.29 is 19.0 Å². The van der Waals surface area contributed by atoms with E-state index >= 15 is 0 Å². The molecule has 0 spiro atoms. The summed E-state index contributed by atoms with van der Waals surface area (Å²) in [5.41, 5.74) is 3.75. The Labute approximate surface area is 205 Å². The van der Waals surface area contributed by atoms with Gasteiger partial charge in [-0.1, -0.05) is 6.07 Å². The molecule has 1 atom stereocenters. The van der Waals surface area contributed by atoms with E-state index in [2.05, 4.69) is 16.2 Å². The summed E-state index contributed by atoms with van der Waals surface area (Å²) < 4.78 is 19.1. The number of anilines is 1. The van der Waals surface area contributed by atoms with Crippen LogP contribution in [0.4, 0.5) is 10.5 Å². The van der Waals surface area contributed by atoms with Crippen LogP contribution in [0.15, 0.2) is 48.8 Å². The number of fused-ring (bicyclic) bond motifs is 1. The van der Waals surface area contributed by atoms with E-state index in [1.165, 1.54) is 7.11 Å². The molecule has 0 unspecified atom stereocenters. The standard InChI is InChI=1S/C27H32N4O4/c1-18-7-8-24-25(31(18)27(32)34-3)10-9-23(26(24)35-22-6-4-5-21(15-22)33-2)19-16-29-30(17-19)20-11-13-28-14-12-20/h4-6,9-10,15-18,20,28H,7-8,11-14H2,1-3H3/t18-/m0/s1. The first kappa shape index (κ1) is 23.2. The Hall–Kier alpha value is -3.52. The number of nitrogens with zero attached hydrogens (tertiary/aromatic N) is 3. The predicted molar refractivity (Wildman–Crippen MR) is 135 cm³/mol. The maximum Gasteiger partial charge on any atom is 0.414 e. The fourth-order valence-electron chi connectivity index (χ4n) is 5.06. The zero-order valence-corrected chi connectivity index (χ0v) is 20.5. The highest BCUT2D eigenvalue weighted by Crippen LogP contribution is 2.45. The van der Waals surface area contributed by atoms with Crippen molar-refractivity contribution in [2.75, 3.05) is 32.2 Å². The number of hydrogen-bond acceptors (Lipinski definition) is 6. The van der Waals surface area contributed by atoms with Gasteiger partial charge in [-0.25, -0.2) is 4.79 Å². The molecule has 8 nitrogen and oxygen atoms in total. The highest BCUT2D eigenvalue weighted by atomic mass is 16.5. The molecule has 0 aliphatic carbocycles. The first-order chi connectivity index (χ1) is 17.1. The fourth-order valence-corrected chi connectivity index (χ4v) is 5.06. The smallest absolute Gasteiger partial charge is 0.414 e. The predicted octanol–water partition coefficient (Wildman–Crippen LogP) is 5.18. The number of nitrogens with one attached hydrogen (secondary N) is 1. The Bertz CT molecular complexity index is 1200. The number of piperidine rings is 1. The molecule has 8 heteroatoms. The van der Waals surface area contributed by atoms with Crippen molar-refractivity contribution >= 4 is 11.8 Å². The van der Waals surface area contributed by atoms with Crippen LogP contribution in [0.25, 0.3) is 11.1 Å². The van der Waals surface area contributed by atoms with Gasteiger partial charge >= 0.3 is 6.09 Å². The first-order valence-corrected chi connectivity index (χ1v) is 12.2. The molecule has 2 aromatic carbocycles. The summed E-state index contributed by atoms with van der Waals surface area (Å²) in [6.45, 7) is 4.05. The lowest BCUT2D eigenvalue weighted by Crippen LogP contribution is -2.42. The molecule has 0 bridgehead atoms. The largest absolute Gasteiger partial charge is 0.497 e. The summed E-state index contributed by atoms with van der Waals surface area (Å²) in [5.74, 6) is 2.13. The summed E-state index contributed by atoms with van der Waals surface area (Å²) in [6.07, 6.45) is 7.38. The van der Waals surface area contributed by atoms with Gasteiger partial charge in [-0.2, -0.15) is 5.10 Å². The van der Waals surface area contributed by atoms with Gasteiger partial charge in [0.15, 0.2) is 0 Å². The van der Waals surface area contributed by atoms with Crippen LogP contribution in [0.1, 0.15) is 37.8 Å². The number of benzene rings is 2. The Kier molecular flexibility index (Phi) is 6.63. The molecule has 1 aromatic heterocycles. The number of methoxy groups -OCH3 is 2. The van der Waals surface area contributed by atoms with Gasteiger partial charge < -0.3 is 19.5 Å². The van der Waals surface area contributed by atoms with Crippen molar-refractivity contribution in [1.82, 2.24) is 15.1 Å². The van der Waals surface area contributed by atoms with Gasteiger partial charge in [0.1, 0.15) is 17.2 Å². The molecule has 1 saturated heterocycles. The van der Waals surface area contributed by atoms with E-state index in [4.69, 9.17) is 19.3 Å². The van der Waals surface area contributed by atoms with E-state index in [0.717, 1.165) is 72.6 Å². The zero-order valence-electron chi connectivity index (χ0n) is 20.5. The highest BCUT2D eigenvalue weighted by Gasteiger charge is 2.32. The minimum absolute atomic E-state index is 0.0353. The lowest BCUT2D eigenvalue weighted by Gasteiger charge is -2.35. The minimum Gasteiger partial charge on any atom is -0.497 e. The molecule has 1 amide bonds. The molecule has 1 N–H and O–H groups in total. The van der Waals surface area contributed by atoms with E-state index in [-0.39, 0.29) is 12.1 Å². The summed E-state index contributed by atoms with van der Waals surface area (Å²) in [7, 11) is 3.06. The maximum atomic E-state index is 12.7. The van der Waals surface area contributed by atoms with Crippen molar-refractivity contribution in [3.8, 4) is 28.4 Å². The van der Waals surface area contributed by atoms with Crippen LogP contribution >= 0.6 is 0 Å². The van der Waals surface area contributed by atoms with Crippen molar-refractivity contribution in [3.05, 3.63) is 54.4 Å². The van der Waals surface area contributed by atoms with Gasteiger partial charge in [-0.05, 0) is 70.0 Å². The third kappa shape index (κ3) is 4.58. The number of ether oxygens (including phenoxy) is 3. The van der Waals surface area contributed by atoms with Gasteiger partial charge in [-0.15, -0.1) is 0 Å². The van der Waals surface area contributed by atoms with Gasteiger partial charge in [0, 0.05) is 35.0 Å². The minimum atomic E-state index is -0.364. The molecule has 0 saturated carbocycles. The highest BCUT2D eigenvalue weighted by molar-refractivity contribution is 5.92. The topological polar surface area (TPSA) is 77.9 Å². The van der Waals surface area contributed by atoms with Crippen molar-refractivity contribution in [2.45, 2.75) is 44.7 Å². The van der Waals surface area contributed by atoms with E-state index < -0.39 is 0 Å². The van der Waals surface area contributed by atoms with Gasteiger partial charge in [-0.3, -0.25) is 9.58 Å². The quantitative estimate of drug-likeness (QED) is 0.547. The number of carbonyl (C=O) groups is 1. The molecule has 5 rings (SSSR count). The SMILES string of the molecule is COC(=O)N1c2ccc(-c3cnn(C4CCNCC4)c3)c(Oc3cccc(OC)c3)c2CC[C@@H]1C. The number of amides is 1. The van der Waals surface area contributed by atoms with Crippen LogP contribution in [0, 0.1) is 0 Å². The normalized spacial score (nSPS) is 18.1.